The summed E-state index contributed by atoms with van der Waals surface area (Å²) in [4.78, 5) is 74.8. The molecular weight excluding hydrogens is 683 g/mol. The van der Waals surface area contributed by atoms with Gasteiger partial charge >= 0.3 is 0 Å². The van der Waals surface area contributed by atoms with Crippen LogP contribution in [-0.2, 0) is 27.5 Å². The molecule has 4 aliphatic heterocycles. The fourth-order valence-electron chi connectivity index (χ4n) is 8.05. The number of rotatable bonds is 12. The maximum Gasteiger partial charge on any atom is 0.255 e. The molecule has 282 valence electrons. The van der Waals surface area contributed by atoms with Gasteiger partial charge in [-0.3, -0.25) is 39.2 Å². The predicted molar refractivity (Wildman–Crippen MR) is 205 cm³/mol. The molecule has 3 aromatic rings. The number of nitrogens with one attached hydrogen (secondary N) is 2. The van der Waals surface area contributed by atoms with Crippen LogP contribution in [0.1, 0.15) is 82.4 Å². The van der Waals surface area contributed by atoms with E-state index in [0.29, 0.717) is 31.0 Å². The van der Waals surface area contributed by atoms with Gasteiger partial charge in [0.1, 0.15) is 6.04 Å². The van der Waals surface area contributed by atoms with Gasteiger partial charge in [-0.2, -0.15) is 0 Å². The molecule has 0 radical (unpaired) electrons. The second kappa shape index (κ2) is 17.2. The summed E-state index contributed by atoms with van der Waals surface area (Å²) in [6.07, 6.45) is 12.5. The zero-order valence-electron chi connectivity index (χ0n) is 30.8. The number of amides is 5. The number of carbonyl (C=O) groups excluding carboxylic acids is 5. The van der Waals surface area contributed by atoms with Crippen molar-refractivity contribution in [2.75, 3.05) is 50.7 Å². The molecule has 0 aliphatic carbocycles. The fourth-order valence-corrected chi connectivity index (χ4v) is 8.05. The van der Waals surface area contributed by atoms with E-state index in [0.717, 1.165) is 106 Å². The van der Waals surface area contributed by atoms with Crippen LogP contribution >= 0.6 is 0 Å². The molecule has 2 aromatic carbocycles. The summed E-state index contributed by atoms with van der Waals surface area (Å²) in [7, 11) is 0. The Morgan fingerprint density at radius 1 is 0.907 bits per heavy atom. The number of piperidine rings is 2. The Morgan fingerprint density at radius 2 is 1.70 bits per heavy atom. The van der Waals surface area contributed by atoms with Crippen LogP contribution in [0.3, 0.4) is 0 Å². The van der Waals surface area contributed by atoms with Crippen LogP contribution in [0.25, 0.3) is 6.08 Å². The summed E-state index contributed by atoms with van der Waals surface area (Å²) < 4.78 is 0. The van der Waals surface area contributed by atoms with Crippen molar-refractivity contribution in [3.05, 3.63) is 101 Å². The van der Waals surface area contributed by atoms with Crippen LogP contribution in [0, 0.1) is 5.92 Å². The van der Waals surface area contributed by atoms with E-state index in [2.05, 4.69) is 43.6 Å². The van der Waals surface area contributed by atoms with Gasteiger partial charge in [-0.15, -0.1) is 0 Å². The molecule has 0 saturated carbocycles. The molecule has 3 saturated heterocycles. The molecule has 54 heavy (non-hydrogen) atoms. The lowest BCUT2D eigenvalue weighted by atomic mass is 9.91. The molecular formula is C42H49N7O5. The SMILES string of the molecule is O=C(/C=C/c1cccnc1)NCCCCC1CCN(C(=O)c2ccc(N3CCN(Cc4ccc5c(c4)CN(C4CCC(=O)NC4=O)C5=O)CC3)cc2)CC1. The number of imide groups is 1. The maximum atomic E-state index is 13.3. The first kappa shape index (κ1) is 37.0. The molecule has 3 fully saturated rings. The van der Waals surface area contributed by atoms with Crippen LogP contribution < -0.4 is 15.5 Å². The Hall–Kier alpha value is -5.36. The Balaban J connectivity index is 0.797. The molecule has 12 nitrogen and oxygen atoms in total. The lowest BCUT2D eigenvalue weighted by Crippen LogP contribution is -2.52. The van der Waals surface area contributed by atoms with Gasteiger partial charge in [0.2, 0.25) is 17.7 Å². The average Bonchev–Trinajstić information content (AvgIpc) is 3.52. The van der Waals surface area contributed by atoms with Crippen LogP contribution in [0.5, 0.6) is 0 Å². The van der Waals surface area contributed by atoms with Gasteiger partial charge in [0.25, 0.3) is 11.8 Å². The largest absolute Gasteiger partial charge is 0.369 e. The zero-order chi connectivity index (χ0) is 37.4. The first-order valence-electron chi connectivity index (χ1n) is 19.3. The number of fused-ring (bicyclic) bond motifs is 1. The zero-order valence-corrected chi connectivity index (χ0v) is 30.8. The first-order valence-corrected chi connectivity index (χ1v) is 19.3. The Kier molecular flexibility index (Phi) is 11.8. The van der Waals surface area contributed by atoms with E-state index in [-0.39, 0.29) is 30.0 Å². The smallest absolute Gasteiger partial charge is 0.255 e. The Labute approximate surface area is 316 Å². The minimum atomic E-state index is -0.605. The molecule has 4 aliphatic rings. The van der Waals surface area contributed by atoms with Crippen LogP contribution in [0.2, 0.25) is 0 Å². The van der Waals surface area contributed by atoms with Crippen LogP contribution in [0.4, 0.5) is 5.69 Å². The number of aromatic nitrogens is 1. The lowest BCUT2D eigenvalue weighted by molar-refractivity contribution is -0.137. The van der Waals surface area contributed by atoms with E-state index >= 15 is 0 Å². The van der Waals surface area contributed by atoms with Crippen molar-refractivity contribution in [3.8, 4) is 0 Å². The van der Waals surface area contributed by atoms with Crippen molar-refractivity contribution >= 4 is 41.3 Å². The normalized spacial score (nSPS) is 19.7. The number of nitrogens with zero attached hydrogens (tertiary/aromatic N) is 5. The van der Waals surface area contributed by atoms with Gasteiger partial charge < -0.3 is 20.0 Å². The average molecular weight is 732 g/mol. The molecule has 12 heteroatoms. The van der Waals surface area contributed by atoms with Gasteiger partial charge in [0, 0.05) is 101 Å². The topological polar surface area (TPSA) is 135 Å². The van der Waals surface area contributed by atoms with E-state index in [1.165, 1.54) is 0 Å². The first-order chi connectivity index (χ1) is 26.3. The van der Waals surface area contributed by atoms with Gasteiger partial charge in [-0.1, -0.05) is 31.0 Å². The Bertz CT molecular complexity index is 1870. The summed E-state index contributed by atoms with van der Waals surface area (Å²) in [6.45, 7) is 6.93. The summed E-state index contributed by atoms with van der Waals surface area (Å²) in [6, 6.07) is 17.2. The number of hydrogen-bond acceptors (Lipinski definition) is 8. The van der Waals surface area contributed by atoms with Crippen molar-refractivity contribution in [2.24, 2.45) is 5.92 Å². The number of benzene rings is 2. The van der Waals surface area contributed by atoms with Crippen molar-refractivity contribution < 1.29 is 24.0 Å². The van der Waals surface area contributed by atoms with Crippen LogP contribution in [-0.4, -0.2) is 101 Å². The van der Waals surface area contributed by atoms with Gasteiger partial charge in [-0.05, 0) is 90.8 Å². The molecule has 5 heterocycles. The van der Waals surface area contributed by atoms with E-state index in [9.17, 15) is 24.0 Å². The third-order valence-electron chi connectivity index (χ3n) is 11.2. The molecule has 1 aromatic heterocycles. The van der Waals surface area contributed by atoms with E-state index in [4.69, 9.17) is 0 Å². The number of pyridine rings is 1. The van der Waals surface area contributed by atoms with Crippen molar-refractivity contribution in [1.82, 2.24) is 30.3 Å². The second-order valence-electron chi connectivity index (χ2n) is 14.8. The monoisotopic (exact) mass is 731 g/mol. The highest BCUT2D eigenvalue weighted by atomic mass is 16.2. The minimum absolute atomic E-state index is 0.0891. The molecule has 5 amide bonds. The predicted octanol–water partition coefficient (Wildman–Crippen LogP) is 4.02. The van der Waals surface area contributed by atoms with E-state index in [1.54, 1.807) is 29.4 Å². The molecule has 7 rings (SSSR count). The second-order valence-corrected chi connectivity index (χ2v) is 14.8. The fraction of sp³-hybridized carbons (Fsp3) is 0.429. The number of unbranched alkanes of at least 4 members (excludes halogenated alkanes) is 1. The summed E-state index contributed by atoms with van der Waals surface area (Å²) in [5.41, 5.74) is 5.46. The molecule has 0 bridgehead atoms. The summed E-state index contributed by atoms with van der Waals surface area (Å²) in [5, 5.41) is 5.32. The molecule has 2 N–H and O–H groups in total. The number of carbonyl (C=O) groups is 5. The third kappa shape index (κ3) is 9.04. The number of piperazine rings is 1. The standard InChI is InChI=1S/C42H49N7O5/c50-38(14-7-31-5-3-18-43-27-31)44-19-2-1-4-30-16-20-48(21-17-30)41(53)33-8-10-35(11-9-33)47-24-22-46(23-25-47)28-32-6-12-36-34(26-32)29-49(42(36)54)37-13-15-39(51)45-40(37)52/h3,5-12,14,18,26-27,30,37H,1-2,4,13,15-17,19-25,28-29H2,(H,44,50)(H,45,51,52)/b14-7+. The summed E-state index contributed by atoms with van der Waals surface area (Å²) in [5.74, 6) is -0.201. The number of anilines is 1. The van der Waals surface area contributed by atoms with Crippen molar-refractivity contribution in [3.63, 3.8) is 0 Å². The molecule has 0 spiro atoms. The third-order valence-corrected chi connectivity index (χ3v) is 11.2. The number of hydrogen-bond donors (Lipinski definition) is 2. The molecule has 1 unspecified atom stereocenters. The van der Waals surface area contributed by atoms with E-state index in [1.807, 2.05) is 41.3 Å². The van der Waals surface area contributed by atoms with Gasteiger partial charge in [0.05, 0.1) is 0 Å². The highest BCUT2D eigenvalue weighted by Gasteiger charge is 2.39. The quantitative estimate of drug-likeness (QED) is 0.162. The van der Waals surface area contributed by atoms with Crippen LogP contribution in [0.15, 0.2) is 73.1 Å². The lowest BCUT2D eigenvalue weighted by Gasteiger charge is -2.36. The van der Waals surface area contributed by atoms with Crippen molar-refractivity contribution in [1.29, 1.82) is 0 Å². The highest BCUT2D eigenvalue weighted by Crippen LogP contribution is 2.29. The van der Waals surface area contributed by atoms with E-state index < -0.39 is 11.9 Å². The minimum Gasteiger partial charge on any atom is -0.369 e. The maximum absolute atomic E-state index is 13.3. The summed E-state index contributed by atoms with van der Waals surface area (Å²) >= 11 is 0. The highest BCUT2D eigenvalue weighted by molar-refractivity contribution is 6.05. The Morgan fingerprint density at radius 3 is 2.44 bits per heavy atom. The van der Waals surface area contributed by atoms with Crippen molar-refractivity contribution in [2.45, 2.75) is 64.1 Å². The molecule has 1 atom stereocenters. The van der Waals surface area contributed by atoms with Gasteiger partial charge in [0.15, 0.2) is 0 Å². The van der Waals surface area contributed by atoms with Gasteiger partial charge in [-0.25, -0.2) is 0 Å². The number of likely N-dealkylation sites (tertiary alicyclic amines) is 1.